The molecule has 0 radical (unpaired) electrons. The van der Waals surface area contributed by atoms with Crippen LogP contribution in [0.3, 0.4) is 0 Å². The summed E-state index contributed by atoms with van der Waals surface area (Å²) in [5.74, 6) is -1.08. The zero-order valence-corrected chi connectivity index (χ0v) is 8.60. The lowest BCUT2D eigenvalue weighted by Gasteiger charge is -2.17. The zero-order valence-electron chi connectivity index (χ0n) is 7.71. The van der Waals surface area contributed by atoms with Gasteiger partial charge in [-0.15, -0.1) is 0 Å². The molecule has 1 aliphatic rings. The summed E-state index contributed by atoms with van der Waals surface area (Å²) in [4.78, 5) is 0. The molecule has 1 unspecified atom stereocenters. The maximum Gasteiger partial charge on any atom is 0.145 e. The van der Waals surface area contributed by atoms with E-state index in [0.717, 1.165) is 0 Å². The number of aliphatic hydroxyl groups excluding tert-OH is 2. The van der Waals surface area contributed by atoms with Crippen molar-refractivity contribution in [1.82, 2.24) is 0 Å². The minimum absolute atomic E-state index is 0.402. The van der Waals surface area contributed by atoms with Gasteiger partial charge in [-0.3, -0.25) is 0 Å². The third-order valence-corrected chi connectivity index (χ3v) is 6.02. The molecule has 1 aromatic rings. The molecule has 0 saturated carbocycles. The molecule has 0 amide bonds. The van der Waals surface area contributed by atoms with Gasteiger partial charge < -0.3 is 14.8 Å². The van der Waals surface area contributed by atoms with Crippen LogP contribution in [0.2, 0.25) is 0 Å². The van der Waals surface area contributed by atoms with E-state index in [4.69, 9.17) is 0 Å². The average molecular weight is 212 g/mol. The number of hydrogen-bond acceptors (Lipinski definition) is 3. The molecular formula is C10H13O3P. The van der Waals surface area contributed by atoms with E-state index in [1.54, 1.807) is 24.3 Å². The Balaban J connectivity index is 2.39. The monoisotopic (exact) mass is 212 g/mol. The predicted octanol–water partition coefficient (Wildman–Crippen LogP) is 0.758. The molecule has 0 aliphatic carbocycles. The smallest absolute Gasteiger partial charge is 0.145 e. The standard InChI is InChI=1S/C10H13O3P/c11-9-6-7-14(13,10(9)12)8-4-2-1-3-5-8/h1-5,9-12H,6-7H2/t9-,10-,14?/m1/s1. The molecular weight excluding hydrogens is 199 g/mol. The quantitative estimate of drug-likeness (QED) is 0.675. The summed E-state index contributed by atoms with van der Waals surface area (Å²) >= 11 is 0. The first-order valence-electron chi connectivity index (χ1n) is 4.65. The van der Waals surface area contributed by atoms with Gasteiger partial charge in [0, 0.05) is 11.5 Å². The second-order valence-electron chi connectivity index (χ2n) is 3.62. The highest BCUT2D eigenvalue weighted by Gasteiger charge is 2.43. The van der Waals surface area contributed by atoms with Gasteiger partial charge in [0.25, 0.3) is 0 Å². The number of benzene rings is 1. The molecule has 1 aromatic carbocycles. The SMILES string of the molecule is O=P1(c2ccccc2)CC[C@@H](O)[C@@H]1O. The van der Waals surface area contributed by atoms with Gasteiger partial charge in [0.15, 0.2) is 0 Å². The molecule has 2 N–H and O–H groups in total. The average Bonchev–Trinajstić information content (AvgIpc) is 2.49. The molecule has 0 spiro atoms. The molecule has 1 aliphatic heterocycles. The molecule has 3 nitrogen and oxygen atoms in total. The topological polar surface area (TPSA) is 57.5 Å². The minimum atomic E-state index is -2.76. The highest BCUT2D eigenvalue weighted by atomic mass is 31.2. The molecule has 1 fully saturated rings. The van der Waals surface area contributed by atoms with Crippen molar-refractivity contribution in [1.29, 1.82) is 0 Å². The first kappa shape index (κ1) is 9.91. The van der Waals surface area contributed by atoms with Crippen molar-refractivity contribution in [2.24, 2.45) is 0 Å². The Morgan fingerprint density at radius 2 is 1.86 bits per heavy atom. The van der Waals surface area contributed by atoms with Gasteiger partial charge in [-0.25, -0.2) is 0 Å². The molecule has 0 bridgehead atoms. The van der Waals surface area contributed by atoms with Crippen molar-refractivity contribution < 1.29 is 14.8 Å². The van der Waals surface area contributed by atoms with Gasteiger partial charge in [0.2, 0.25) is 0 Å². The lowest BCUT2D eigenvalue weighted by atomic mass is 10.3. The molecule has 3 atom stereocenters. The van der Waals surface area contributed by atoms with Crippen LogP contribution in [0.1, 0.15) is 6.42 Å². The molecule has 14 heavy (non-hydrogen) atoms. The van der Waals surface area contributed by atoms with Gasteiger partial charge >= 0.3 is 0 Å². The first-order valence-corrected chi connectivity index (χ1v) is 6.61. The summed E-state index contributed by atoms with van der Waals surface area (Å²) in [6.07, 6.45) is -0.00629. The van der Waals surface area contributed by atoms with Crippen molar-refractivity contribution >= 4 is 12.4 Å². The van der Waals surface area contributed by atoms with Crippen LogP contribution in [0.15, 0.2) is 30.3 Å². The van der Waals surface area contributed by atoms with Gasteiger partial charge in [-0.2, -0.15) is 0 Å². The summed E-state index contributed by atoms with van der Waals surface area (Å²) in [5, 5.41) is 19.7. The van der Waals surface area contributed by atoms with E-state index < -0.39 is 19.1 Å². The highest BCUT2D eigenvalue weighted by molar-refractivity contribution is 7.72. The van der Waals surface area contributed by atoms with E-state index >= 15 is 0 Å². The van der Waals surface area contributed by atoms with Crippen LogP contribution >= 0.6 is 7.14 Å². The molecule has 4 heteroatoms. The maximum atomic E-state index is 12.3. The van der Waals surface area contributed by atoms with E-state index in [2.05, 4.69) is 0 Å². The fourth-order valence-corrected chi connectivity index (χ4v) is 4.70. The fourth-order valence-electron chi connectivity index (χ4n) is 1.85. The Labute approximate surface area is 82.8 Å². The number of hydrogen-bond donors (Lipinski definition) is 2. The van der Waals surface area contributed by atoms with E-state index in [9.17, 15) is 14.8 Å². The normalized spacial score (nSPS) is 37.3. The van der Waals surface area contributed by atoms with Crippen LogP contribution in [-0.4, -0.2) is 28.3 Å². The van der Waals surface area contributed by atoms with Crippen LogP contribution in [0.4, 0.5) is 0 Å². The lowest BCUT2D eigenvalue weighted by Crippen LogP contribution is -2.22. The van der Waals surface area contributed by atoms with Gasteiger partial charge in [0.1, 0.15) is 13.0 Å². The third-order valence-electron chi connectivity index (χ3n) is 2.72. The Bertz CT molecular complexity index is 363. The maximum absolute atomic E-state index is 12.3. The summed E-state index contributed by atoms with van der Waals surface area (Å²) in [6, 6.07) is 8.94. The Morgan fingerprint density at radius 1 is 1.21 bits per heavy atom. The van der Waals surface area contributed by atoms with Crippen molar-refractivity contribution in [3.05, 3.63) is 30.3 Å². The Kier molecular flexibility index (Phi) is 2.48. The molecule has 2 rings (SSSR count). The third kappa shape index (κ3) is 1.42. The Hall–Kier alpha value is -0.630. The second kappa shape index (κ2) is 3.50. The predicted molar refractivity (Wildman–Crippen MR) is 55.2 cm³/mol. The fraction of sp³-hybridized carbons (Fsp3) is 0.400. The van der Waals surface area contributed by atoms with Crippen molar-refractivity contribution in [3.8, 4) is 0 Å². The summed E-state index contributed by atoms with van der Waals surface area (Å²) in [7, 11) is -2.76. The second-order valence-corrected chi connectivity index (χ2v) is 6.71. The molecule has 0 aromatic heterocycles. The van der Waals surface area contributed by atoms with Crippen LogP contribution < -0.4 is 5.30 Å². The zero-order chi connectivity index (χ0) is 10.2. The number of rotatable bonds is 1. The first-order chi connectivity index (χ1) is 6.64. The van der Waals surface area contributed by atoms with Crippen LogP contribution in [0.5, 0.6) is 0 Å². The van der Waals surface area contributed by atoms with Crippen LogP contribution in [0.25, 0.3) is 0 Å². The summed E-state index contributed by atoms with van der Waals surface area (Å²) < 4.78 is 12.3. The van der Waals surface area contributed by atoms with Crippen molar-refractivity contribution in [2.45, 2.75) is 18.4 Å². The van der Waals surface area contributed by atoms with Gasteiger partial charge in [0.05, 0.1) is 6.10 Å². The van der Waals surface area contributed by atoms with E-state index in [1.807, 2.05) is 6.07 Å². The largest absolute Gasteiger partial charge is 0.390 e. The molecule has 76 valence electrons. The lowest BCUT2D eigenvalue weighted by molar-refractivity contribution is 0.0763. The van der Waals surface area contributed by atoms with Gasteiger partial charge in [-0.05, 0) is 6.42 Å². The van der Waals surface area contributed by atoms with Crippen molar-refractivity contribution in [2.75, 3.05) is 6.16 Å². The van der Waals surface area contributed by atoms with Gasteiger partial charge in [-0.1, -0.05) is 30.3 Å². The van der Waals surface area contributed by atoms with E-state index in [-0.39, 0.29) is 0 Å². The van der Waals surface area contributed by atoms with Crippen molar-refractivity contribution in [3.63, 3.8) is 0 Å². The van der Waals surface area contributed by atoms with E-state index in [0.29, 0.717) is 17.9 Å². The summed E-state index contributed by atoms with van der Waals surface area (Å²) in [6.45, 7) is 0. The Morgan fingerprint density at radius 3 is 2.36 bits per heavy atom. The minimum Gasteiger partial charge on any atom is -0.390 e. The highest BCUT2D eigenvalue weighted by Crippen LogP contribution is 2.55. The molecule has 1 heterocycles. The van der Waals surface area contributed by atoms with Crippen LogP contribution in [-0.2, 0) is 4.57 Å². The van der Waals surface area contributed by atoms with Crippen LogP contribution in [0, 0.1) is 0 Å². The summed E-state index contributed by atoms with van der Waals surface area (Å²) in [5.41, 5.74) is 0. The van der Waals surface area contributed by atoms with E-state index in [1.165, 1.54) is 0 Å². The molecule has 1 saturated heterocycles. The number of aliphatic hydroxyl groups is 2.